The smallest absolute Gasteiger partial charge is 0.311 e. The van der Waals surface area contributed by atoms with E-state index in [9.17, 15) is 14.7 Å². The number of aliphatic carboxylic acids is 1. The van der Waals surface area contributed by atoms with Crippen molar-refractivity contribution < 1.29 is 19.4 Å². The molecule has 0 spiro atoms. The van der Waals surface area contributed by atoms with E-state index in [4.69, 9.17) is 4.74 Å². The minimum atomic E-state index is -0.821. The van der Waals surface area contributed by atoms with Gasteiger partial charge in [0.25, 0.3) is 5.91 Å². The number of amides is 1. The van der Waals surface area contributed by atoms with Gasteiger partial charge in [0, 0.05) is 35.9 Å². The highest BCUT2D eigenvalue weighted by atomic mass is 32.1. The molecule has 3 aliphatic rings. The van der Waals surface area contributed by atoms with Crippen molar-refractivity contribution in [3.63, 3.8) is 0 Å². The molecule has 4 rings (SSSR count). The fraction of sp³-hybridized carbons (Fsp3) is 0.667. The Kier molecular flexibility index (Phi) is 3.92. The minimum Gasteiger partial charge on any atom is -0.481 e. The summed E-state index contributed by atoms with van der Waals surface area (Å²) in [4.78, 5) is 28.1. The zero-order chi connectivity index (χ0) is 16.9. The normalized spacial score (nSPS) is 32.3. The number of carbonyl (C=O) groups is 2. The quantitative estimate of drug-likeness (QED) is 0.890. The molecule has 2 fully saturated rings. The van der Waals surface area contributed by atoms with Gasteiger partial charge in [0.05, 0.1) is 17.6 Å². The molecule has 130 valence electrons. The SMILES string of the molecule is CC1CCc2c(C(=O)N3C[C@H]4COCC[C@@]4(C(=O)O)C3)csc2C1. The van der Waals surface area contributed by atoms with Crippen LogP contribution >= 0.6 is 11.3 Å². The van der Waals surface area contributed by atoms with Gasteiger partial charge in [0.2, 0.25) is 0 Å². The van der Waals surface area contributed by atoms with Crippen LogP contribution in [0.15, 0.2) is 5.38 Å². The topological polar surface area (TPSA) is 66.8 Å². The van der Waals surface area contributed by atoms with Crippen LogP contribution in [0.2, 0.25) is 0 Å². The first-order valence-electron chi connectivity index (χ1n) is 8.71. The molecule has 1 aromatic heterocycles. The van der Waals surface area contributed by atoms with Crippen LogP contribution in [-0.2, 0) is 22.4 Å². The molecule has 2 aliphatic heterocycles. The summed E-state index contributed by atoms with van der Waals surface area (Å²) in [5, 5.41) is 11.7. The van der Waals surface area contributed by atoms with Crippen LogP contribution in [0.25, 0.3) is 0 Å². The van der Waals surface area contributed by atoms with E-state index >= 15 is 0 Å². The molecule has 3 heterocycles. The Bertz CT molecular complexity index is 685. The highest BCUT2D eigenvalue weighted by Gasteiger charge is 2.55. The summed E-state index contributed by atoms with van der Waals surface area (Å²) < 4.78 is 5.48. The van der Waals surface area contributed by atoms with Crippen molar-refractivity contribution in [3.05, 3.63) is 21.4 Å². The van der Waals surface area contributed by atoms with Crippen molar-refractivity contribution in [3.8, 4) is 0 Å². The maximum absolute atomic E-state index is 13.1. The van der Waals surface area contributed by atoms with Crippen LogP contribution in [0.4, 0.5) is 0 Å². The molecule has 1 aliphatic carbocycles. The molecule has 5 nitrogen and oxygen atoms in total. The van der Waals surface area contributed by atoms with E-state index in [1.807, 2.05) is 5.38 Å². The van der Waals surface area contributed by atoms with Crippen molar-refractivity contribution >= 4 is 23.2 Å². The van der Waals surface area contributed by atoms with E-state index in [1.165, 1.54) is 10.4 Å². The second kappa shape index (κ2) is 5.85. The Labute approximate surface area is 145 Å². The number of hydrogen-bond acceptors (Lipinski definition) is 4. The predicted octanol–water partition coefficient (Wildman–Crippen LogP) is 2.44. The van der Waals surface area contributed by atoms with Gasteiger partial charge >= 0.3 is 5.97 Å². The summed E-state index contributed by atoms with van der Waals surface area (Å²) in [5.41, 5.74) is 1.19. The fourth-order valence-corrected chi connectivity index (χ4v) is 5.72. The monoisotopic (exact) mass is 349 g/mol. The van der Waals surface area contributed by atoms with E-state index in [-0.39, 0.29) is 11.8 Å². The van der Waals surface area contributed by atoms with Gasteiger partial charge in [-0.05, 0) is 37.2 Å². The summed E-state index contributed by atoms with van der Waals surface area (Å²) >= 11 is 1.69. The first-order chi connectivity index (χ1) is 11.5. The van der Waals surface area contributed by atoms with Gasteiger partial charge in [-0.15, -0.1) is 11.3 Å². The molecule has 6 heteroatoms. The lowest BCUT2D eigenvalue weighted by Gasteiger charge is -2.33. The number of hydrogen-bond donors (Lipinski definition) is 1. The van der Waals surface area contributed by atoms with Gasteiger partial charge in [-0.3, -0.25) is 9.59 Å². The van der Waals surface area contributed by atoms with Gasteiger partial charge in [-0.2, -0.15) is 0 Å². The molecule has 2 saturated heterocycles. The number of likely N-dealkylation sites (tertiary alicyclic amines) is 1. The van der Waals surface area contributed by atoms with Gasteiger partial charge in [-0.1, -0.05) is 6.92 Å². The predicted molar refractivity (Wildman–Crippen MR) is 90.4 cm³/mol. The Morgan fingerprint density at radius 1 is 1.46 bits per heavy atom. The molecule has 1 aromatic rings. The van der Waals surface area contributed by atoms with Crippen LogP contribution in [-0.4, -0.2) is 48.2 Å². The van der Waals surface area contributed by atoms with Crippen LogP contribution < -0.4 is 0 Å². The number of ether oxygens (including phenoxy) is 1. The van der Waals surface area contributed by atoms with Crippen molar-refractivity contribution in [2.24, 2.45) is 17.3 Å². The molecule has 0 saturated carbocycles. The Hall–Kier alpha value is -1.40. The molecule has 1 amide bonds. The standard InChI is InChI=1S/C18H23NO4S/c1-11-2-3-13-14(9-24-15(13)6-11)16(20)19-7-12-8-23-5-4-18(12,10-19)17(21)22/h9,11-12H,2-8,10H2,1H3,(H,21,22)/t11?,12-,18+/m0/s1. The fourth-order valence-electron chi connectivity index (χ4n) is 4.48. The molecule has 24 heavy (non-hydrogen) atoms. The second-order valence-corrected chi connectivity index (χ2v) is 8.53. The highest BCUT2D eigenvalue weighted by molar-refractivity contribution is 7.10. The molecule has 0 bridgehead atoms. The van der Waals surface area contributed by atoms with Crippen molar-refractivity contribution in [1.29, 1.82) is 0 Å². The summed E-state index contributed by atoms with van der Waals surface area (Å²) in [5.74, 6) is -0.187. The molecule has 1 unspecified atom stereocenters. The largest absolute Gasteiger partial charge is 0.481 e. The van der Waals surface area contributed by atoms with Crippen LogP contribution in [0, 0.1) is 17.3 Å². The Morgan fingerprint density at radius 3 is 3.04 bits per heavy atom. The molecule has 0 radical (unpaired) electrons. The number of carboxylic acid groups (broad SMARTS) is 1. The average Bonchev–Trinajstić information content (AvgIpc) is 3.15. The zero-order valence-corrected chi connectivity index (χ0v) is 14.7. The third-order valence-electron chi connectivity index (χ3n) is 6.05. The second-order valence-electron chi connectivity index (χ2n) is 7.57. The van der Waals surface area contributed by atoms with E-state index < -0.39 is 11.4 Å². The minimum absolute atomic E-state index is 0.0112. The van der Waals surface area contributed by atoms with Crippen molar-refractivity contribution in [2.75, 3.05) is 26.3 Å². The summed E-state index contributed by atoms with van der Waals surface area (Å²) in [6.45, 7) is 3.97. The summed E-state index contributed by atoms with van der Waals surface area (Å²) in [6.07, 6.45) is 3.64. The Morgan fingerprint density at radius 2 is 2.29 bits per heavy atom. The molecule has 3 atom stereocenters. The first-order valence-corrected chi connectivity index (χ1v) is 9.59. The number of rotatable bonds is 2. The van der Waals surface area contributed by atoms with E-state index in [2.05, 4.69) is 6.92 Å². The van der Waals surface area contributed by atoms with E-state index in [0.29, 0.717) is 38.6 Å². The number of carboxylic acids is 1. The maximum Gasteiger partial charge on any atom is 0.311 e. The highest BCUT2D eigenvalue weighted by Crippen LogP contribution is 2.43. The summed E-state index contributed by atoms with van der Waals surface area (Å²) in [6, 6.07) is 0. The first kappa shape index (κ1) is 16.1. The van der Waals surface area contributed by atoms with Gasteiger partial charge < -0.3 is 14.7 Å². The van der Waals surface area contributed by atoms with E-state index in [0.717, 1.165) is 24.8 Å². The van der Waals surface area contributed by atoms with Gasteiger partial charge in [0.15, 0.2) is 0 Å². The van der Waals surface area contributed by atoms with Gasteiger partial charge in [0.1, 0.15) is 0 Å². The Balaban J connectivity index is 1.59. The molecule has 0 aromatic carbocycles. The average molecular weight is 349 g/mol. The molecular weight excluding hydrogens is 326 g/mol. The third-order valence-corrected chi connectivity index (χ3v) is 7.10. The zero-order valence-electron chi connectivity index (χ0n) is 13.9. The summed E-state index contributed by atoms with van der Waals surface area (Å²) in [7, 11) is 0. The van der Waals surface area contributed by atoms with Gasteiger partial charge in [-0.25, -0.2) is 0 Å². The molecule has 1 N–H and O–H groups in total. The number of nitrogens with zero attached hydrogens (tertiary/aromatic N) is 1. The van der Waals surface area contributed by atoms with Crippen LogP contribution in [0.5, 0.6) is 0 Å². The maximum atomic E-state index is 13.1. The number of fused-ring (bicyclic) bond motifs is 2. The lowest BCUT2D eigenvalue weighted by Crippen LogP contribution is -2.45. The lowest BCUT2D eigenvalue weighted by atomic mass is 9.74. The number of thiophene rings is 1. The third kappa shape index (κ3) is 2.39. The van der Waals surface area contributed by atoms with E-state index in [1.54, 1.807) is 16.2 Å². The van der Waals surface area contributed by atoms with Crippen molar-refractivity contribution in [2.45, 2.75) is 32.6 Å². The molecular formula is C18H23NO4S. The van der Waals surface area contributed by atoms with Crippen LogP contribution in [0.1, 0.15) is 40.6 Å². The van der Waals surface area contributed by atoms with Crippen molar-refractivity contribution in [1.82, 2.24) is 4.90 Å². The lowest BCUT2D eigenvalue weighted by molar-refractivity contribution is -0.157. The van der Waals surface area contributed by atoms with Crippen LogP contribution in [0.3, 0.4) is 0 Å². The number of carbonyl (C=O) groups excluding carboxylic acids is 1.